The molecule has 0 aliphatic heterocycles. The van der Waals surface area contributed by atoms with Crippen LogP contribution in [0.15, 0.2) is 0 Å². The number of nitrogens with zero attached hydrogens (tertiary/aromatic N) is 1. The second-order valence-electron chi connectivity index (χ2n) is 8.19. The maximum Gasteiger partial charge on any atom is 0.00926 e. The van der Waals surface area contributed by atoms with Crippen molar-refractivity contribution in [3.05, 3.63) is 0 Å². The standard InChI is InChI=1S/C19H40N2/c1-7-17-9-11-18(12-10-17)21(6)15-19(5,8-2)14-20-13-16(3)4/h16-18,20H,7-15H2,1-6H3. The normalized spacial score (nSPS) is 26.3. The molecule has 0 aromatic carbocycles. The number of hydrogen-bond acceptors (Lipinski definition) is 2. The van der Waals surface area contributed by atoms with Crippen LogP contribution >= 0.6 is 0 Å². The van der Waals surface area contributed by atoms with Gasteiger partial charge in [-0.2, -0.15) is 0 Å². The number of rotatable bonds is 9. The molecule has 2 nitrogen and oxygen atoms in total. The van der Waals surface area contributed by atoms with E-state index in [2.05, 4.69) is 51.9 Å². The van der Waals surface area contributed by atoms with Crippen molar-refractivity contribution in [2.75, 3.05) is 26.7 Å². The monoisotopic (exact) mass is 296 g/mol. The molecule has 1 N–H and O–H groups in total. The Morgan fingerprint density at radius 3 is 2.24 bits per heavy atom. The van der Waals surface area contributed by atoms with Crippen molar-refractivity contribution in [3.63, 3.8) is 0 Å². The Kier molecular flexibility index (Phi) is 8.26. The van der Waals surface area contributed by atoms with Crippen molar-refractivity contribution in [1.82, 2.24) is 10.2 Å². The van der Waals surface area contributed by atoms with E-state index in [1.54, 1.807) is 0 Å². The molecule has 0 aromatic heterocycles. The molecule has 1 fully saturated rings. The van der Waals surface area contributed by atoms with E-state index < -0.39 is 0 Å². The predicted molar refractivity (Wildman–Crippen MR) is 94.8 cm³/mol. The van der Waals surface area contributed by atoms with Gasteiger partial charge in [-0.1, -0.05) is 41.0 Å². The van der Waals surface area contributed by atoms with E-state index in [0.29, 0.717) is 5.41 Å². The first-order chi connectivity index (χ1) is 9.90. The minimum absolute atomic E-state index is 0.408. The lowest BCUT2D eigenvalue weighted by molar-refractivity contribution is 0.105. The molecule has 1 atom stereocenters. The molecule has 1 aliphatic rings. The molecule has 1 rings (SSSR count). The van der Waals surface area contributed by atoms with Crippen molar-refractivity contribution < 1.29 is 0 Å². The van der Waals surface area contributed by atoms with Crippen LogP contribution < -0.4 is 5.32 Å². The Labute approximate surface area is 134 Å². The molecular formula is C19H40N2. The summed E-state index contributed by atoms with van der Waals surface area (Å²) >= 11 is 0. The minimum atomic E-state index is 0.408. The number of hydrogen-bond donors (Lipinski definition) is 1. The van der Waals surface area contributed by atoms with Gasteiger partial charge in [0.1, 0.15) is 0 Å². The van der Waals surface area contributed by atoms with Gasteiger partial charge in [-0.15, -0.1) is 0 Å². The summed E-state index contributed by atoms with van der Waals surface area (Å²) in [6, 6.07) is 0.823. The van der Waals surface area contributed by atoms with Crippen LogP contribution in [0.2, 0.25) is 0 Å². The average molecular weight is 297 g/mol. The Balaban J connectivity index is 2.40. The maximum atomic E-state index is 3.67. The SMILES string of the molecule is CCC1CCC(N(C)CC(C)(CC)CNCC(C)C)CC1. The topological polar surface area (TPSA) is 15.3 Å². The zero-order valence-corrected chi connectivity index (χ0v) is 15.5. The smallest absolute Gasteiger partial charge is 0.00926 e. The van der Waals surface area contributed by atoms with Gasteiger partial charge in [-0.25, -0.2) is 0 Å². The minimum Gasteiger partial charge on any atom is -0.316 e. The highest BCUT2D eigenvalue weighted by Crippen LogP contribution is 2.31. The van der Waals surface area contributed by atoms with E-state index in [4.69, 9.17) is 0 Å². The summed E-state index contributed by atoms with van der Waals surface area (Å²) in [4.78, 5) is 2.66. The van der Waals surface area contributed by atoms with Gasteiger partial charge in [0.05, 0.1) is 0 Å². The molecule has 2 heteroatoms. The first-order valence-corrected chi connectivity index (χ1v) is 9.31. The van der Waals surface area contributed by atoms with Crippen LogP contribution in [0.5, 0.6) is 0 Å². The molecule has 0 aromatic rings. The van der Waals surface area contributed by atoms with E-state index in [1.807, 2.05) is 0 Å². The van der Waals surface area contributed by atoms with Crippen LogP contribution in [0.3, 0.4) is 0 Å². The summed E-state index contributed by atoms with van der Waals surface area (Å²) in [5.41, 5.74) is 0.408. The Morgan fingerprint density at radius 1 is 1.14 bits per heavy atom. The van der Waals surface area contributed by atoms with Gasteiger partial charge >= 0.3 is 0 Å². The van der Waals surface area contributed by atoms with E-state index in [-0.39, 0.29) is 0 Å². The molecule has 0 spiro atoms. The molecule has 21 heavy (non-hydrogen) atoms. The molecule has 0 amide bonds. The Bertz CT molecular complexity index is 269. The molecule has 1 saturated carbocycles. The number of nitrogens with one attached hydrogen (secondary N) is 1. The highest BCUT2D eigenvalue weighted by Gasteiger charge is 2.29. The quantitative estimate of drug-likeness (QED) is 0.671. The van der Waals surface area contributed by atoms with Crippen LogP contribution in [-0.4, -0.2) is 37.6 Å². The van der Waals surface area contributed by atoms with Crippen LogP contribution in [0.4, 0.5) is 0 Å². The third-order valence-corrected chi connectivity index (χ3v) is 5.61. The molecule has 1 unspecified atom stereocenters. The van der Waals surface area contributed by atoms with Crippen LogP contribution in [0, 0.1) is 17.3 Å². The van der Waals surface area contributed by atoms with Crippen molar-refractivity contribution >= 4 is 0 Å². The summed E-state index contributed by atoms with van der Waals surface area (Å²) < 4.78 is 0. The summed E-state index contributed by atoms with van der Waals surface area (Å²) in [5.74, 6) is 1.74. The van der Waals surface area contributed by atoms with Gasteiger partial charge in [0, 0.05) is 19.1 Å². The van der Waals surface area contributed by atoms with E-state index >= 15 is 0 Å². The highest BCUT2D eigenvalue weighted by atomic mass is 15.1. The molecular weight excluding hydrogens is 256 g/mol. The lowest BCUT2D eigenvalue weighted by Gasteiger charge is -2.40. The molecule has 0 bridgehead atoms. The van der Waals surface area contributed by atoms with Crippen molar-refractivity contribution in [2.45, 2.75) is 79.2 Å². The maximum absolute atomic E-state index is 3.67. The van der Waals surface area contributed by atoms with E-state index in [0.717, 1.165) is 31.0 Å². The lowest BCUT2D eigenvalue weighted by Crippen LogP contribution is -2.45. The third kappa shape index (κ3) is 6.69. The van der Waals surface area contributed by atoms with Gasteiger partial charge in [-0.05, 0) is 62.9 Å². The Morgan fingerprint density at radius 2 is 1.76 bits per heavy atom. The molecule has 0 radical (unpaired) electrons. The molecule has 126 valence electrons. The largest absolute Gasteiger partial charge is 0.316 e. The van der Waals surface area contributed by atoms with E-state index in [9.17, 15) is 0 Å². The van der Waals surface area contributed by atoms with E-state index in [1.165, 1.54) is 45.1 Å². The predicted octanol–water partition coefficient (Wildman–Crippen LogP) is 4.55. The molecule has 0 saturated heterocycles. The third-order valence-electron chi connectivity index (χ3n) is 5.61. The lowest BCUT2D eigenvalue weighted by atomic mass is 9.82. The highest BCUT2D eigenvalue weighted by molar-refractivity contribution is 4.84. The van der Waals surface area contributed by atoms with Gasteiger partial charge in [0.25, 0.3) is 0 Å². The second kappa shape index (κ2) is 9.15. The van der Waals surface area contributed by atoms with Gasteiger partial charge in [-0.3, -0.25) is 0 Å². The average Bonchev–Trinajstić information content (AvgIpc) is 2.46. The van der Waals surface area contributed by atoms with Gasteiger partial charge < -0.3 is 10.2 Å². The van der Waals surface area contributed by atoms with Crippen LogP contribution in [0.25, 0.3) is 0 Å². The van der Waals surface area contributed by atoms with Crippen LogP contribution in [0.1, 0.15) is 73.1 Å². The zero-order chi connectivity index (χ0) is 15.9. The van der Waals surface area contributed by atoms with Gasteiger partial charge in [0.2, 0.25) is 0 Å². The van der Waals surface area contributed by atoms with Crippen molar-refractivity contribution in [2.24, 2.45) is 17.3 Å². The fraction of sp³-hybridized carbons (Fsp3) is 1.00. The first-order valence-electron chi connectivity index (χ1n) is 9.31. The van der Waals surface area contributed by atoms with Crippen molar-refractivity contribution in [1.29, 1.82) is 0 Å². The molecule has 0 heterocycles. The Hall–Kier alpha value is -0.0800. The second-order valence-corrected chi connectivity index (χ2v) is 8.19. The zero-order valence-electron chi connectivity index (χ0n) is 15.5. The fourth-order valence-electron chi connectivity index (χ4n) is 3.68. The molecule has 1 aliphatic carbocycles. The summed E-state index contributed by atoms with van der Waals surface area (Å²) in [6.07, 6.45) is 8.34. The summed E-state index contributed by atoms with van der Waals surface area (Å²) in [6.45, 7) is 15.2. The fourth-order valence-corrected chi connectivity index (χ4v) is 3.68. The van der Waals surface area contributed by atoms with Gasteiger partial charge in [0.15, 0.2) is 0 Å². The van der Waals surface area contributed by atoms with Crippen LogP contribution in [-0.2, 0) is 0 Å². The summed E-state index contributed by atoms with van der Waals surface area (Å²) in [7, 11) is 2.35. The first kappa shape index (κ1) is 19.0. The summed E-state index contributed by atoms with van der Waals surface area (Å²) in [5, 5.41) is 3.67. The van der Waals surface area contributed by atoms with Crippen molar-refractivity contribution in [3.8, 4) is 0 Å².